The number of nitrogens with two attached hydrogens (primary N) is 1. The standard InChI is InChI=1S/C10H14FNO.ClH/c1-7-2-3-9(11)8(6-7)10(12)4-5-13;/h2-3,6,10,13H,4-5,12H2,1H3;1H/t10-;/m0./s1. The quantitative estimate of drug-likeness (QED) is 0.816. The molecule has 0 heterocycles. The van der Waals surface area contributed by atoms with Crippen LogP contribution in [-0.2, 0) is 0 Å². The molecule has 0 spiro atoms. The van der Waals surface area contributed by atoms with E-state index in [9.17, 15) is 4.39 Å². The van der Waals surface area contributed by atoms with Crippen molar-refractivity contribution in [3.05, 3.63) is 35.1 Å². The zero-order valence-corrected chi connectivity index (χ0v) is 8.85. The summed E-state index contributed by atoms with van der Waals surface area (Å²) < 4.78 is 13.2. The van der Waals surface area contributed by atoms with Crippen LogP contribution in [0, 0.1) is 12.7 Å². The lowest BCUT2D eigenvalue weighted by Gasteiger charge is -2.11. The Morgan fingerprint density at radius 3 is 2.71 bits per heavy atom. The van der Waals surface area contributed by atoms with Gasteiger partial charge >= 0.3 is 0 Å². The number of benzene rings is 1. The van der Waals surface area contributed by atoms with Gasteiger partial charge in [-0.3, -0.25) is 0 Å². The van der Waals surface area contributed by atoms with Gasteiger partial charge in [-0.25, -0.2) is 4.39 Å². The SMILES string of the molecule is Cc1ccc(F)c([C@@H](N)CCO)c1.Cl. The van der Waals surface area contributed by atoms with Gasteiger partial charge in [-0.2, -0.15) is 0 Å². The second kappa shape index (κ2) is 5.96. The maximum Gasteiger partial charge on any atom is 0.127 e. The second-order valence-electron chi connectivity index (χ2n) is 3.14. The minimum atomic E-state index is -0.412. The molecule has 0 amide bonds. The van der Waals surface area contributed by atoms with Gasteiger partial charge in [-0.1, -0.05) is 17.7 Å². The lowest BCUT2D eigenvalue weighted by Crippen LogP contribution is -2.13. The fourth-order valence-electron chi connectivity index (χ4n) is 1.24. The Kier molecular flexibility index (Phi) is 5.69. The molecule has 0 fully saturated rings. The van der Waals surface area contributed by atoms with E-state index in [-0.39, 0.29) is 24.8 Å². The summed E-state index contributed by atoms with van der Waals surface area (Å²) in [5.74, 6) is -0.299. The van der Waals surface area contributed by atoms with Gasteiger partial charge in [0, 0.05) is 18.2 Å². The fraction of sp³-hybridized carbons (Fsp3) is 0.400. The molecule has 0 bridgehead atoms. The third-order valence-electron chi connectivity index (χ3n) is 1.99. The molecule has 4 heteroatoms. The maximum atomic E-state index is 13.2. The van der Waals surface area contributed by atoms with Crippen molar-refractivity contribution in [2.75, 3.05) is 6.61 Å². The van der Waals surface area contributed by atoms with Gasteiger partial charge in [0.2, 0.25) is 0 Å². The molecular weight excluding hydrogens is 205 g/mol. The van der Waals surface area contributed by atoms with E-state index in [1.165, 1.54) is 6.07 Å². The first kappa shape index (κ1) is 13.4. The molecular formula is C10H15ClFNO. The number of rotatable bonds is 3. The molecule has 0 saturated heterocycles. The normalized spacial score (nSPS) is 12.0. The Morgan fingerprint density at radius 1 is 1.50 bits per heavy atom. The molecule has 0 aliphatic rings. The molecule has 3 N–H and O–H groups in total. The highest BCUT2D eigenvalue weighted by molar-refractivity contribution is 5.85. The highest BCUT2D eigenvalue weighted by Crippen LogP contribution is 2.18. The van der Waals surface area contributed by atoms with E-state index in [2.05, 4.69) is 0 Å². The molecule has 2 nitrogen and oxygen atoms in total. The number of aryl methyl sites for hydroxylation is 1. The first-order valence-corrected chi connectivity index (χ1v) is 4.27. The third-order valence-corrected chi connectivity index (χ3v) is 1.99. The Morgan fingerprint density at radius 2 is 2.14 bits per heavy atom. The van der Waals surface area contributed by atoms with Crippen LogP contribution in [0.5, 0.6) is 0 Å². The van der Waals surface area contributed by atoms with Crippen molar-refractivity contribution in [1.29, 1.82) is 0 Å². The summed E-state index contributed by atoms with van der Waals surface area (Å²) >= 11 is 0. The molecule has 0 radical (unpaired) electrons. The maximum absolute atomic E-state index is 13.2. The average Bonchev–Trinajstić information content (AvgIpc) is 2.09. The molecule has 1 aromatic rings. The first-order valence-electron chi connectivity index (χ1n) is 4.27. The van der Waals surface area contributed by atoms with Crippen molar-refractivity contribution in [3.63, 3.8) is 0 Å². The number of aliphatic hydroxyl groups excluding tert-OH is 1. The monoisotopic (exact) mass is 219 g/mol. The van der Waals surface area contributed by atoms with Crippen molar-refractivity contribution < 1.29 is 9.50 Å². The number of halogens is 2. The van der Waals surface area contributed by atoms with E-state index in [0.717, 1.165) is 5.56 Å². The Balaban J connectivity index is 0.00000169. The van der Waals surface area contributed by atoms with Gasteiger partial charge < -0.3 is 10.8 Å². The second-order valence-corrected chi connectivity index (χ2v) is 3.14. The van der Waals surface area contributed by atoms with Crippen LogP contribution in [0.15, 0.2) is 18.2 Å². The molecule has 0 aliphatic heterocycles. The predicted molar refractivity (Wildman–Crippen MR) is 57.0 cm³/mol. The predicted octanol–water partition coefficient (Wildman–Crippen LogP) is 1.94. The van der Waals surface area contributed by atoms with Crippen molar-refractivity contribution in [1.82, 2.24) is 0 Å². The largest absolute Gasteiger partial charge is 0.396 e. The van der Waals surface area contributed by atoms with Crippen LogP contribution in [0.1, 0.15) is 23.6 Å². The van der Waals surface area contributed by atoms with E-state index < -0.39 is 6.04 Å². The van der Waals surface area contributed by atoms with Crippen LogP contribution < -0.4 is 5.73 Å². The summed E-state index contributed by atoms with van der Waals surface area (Å²) in [5.41, 5.74) is 7.13. The van der Waals surface area contributed by atoms with E-state index >= 15 is 0 Å². The van der Waals surface area contributed by atoms with Crippen molar-refractivity contribution in [3.8, 4) is 0 Å². The van der Waals surface area contributed by atoms with Gasteiger partial charge in [-0.05, 0) is 19.4 Å². The summed E-state index contributed by atoms with van der Waals surface area (Å²) in [6.07, 6.45) is 0.389. The molecule has 1 rings (SSSR count). The van der Waals surface area contributed by atoms with E-state index in [1.54, 1.807) is 12.1 Å². The lowest BCUT2D eigenvalue weighted by molar-refractivity contribution is 0.275. The first-order chi connectivity index (χ1) is 6.15. The molecule has 0 aliphatic carbocycles. The molecule has 0 unspecified atom stereocenters. The van der Waals surface area contributed by atoms with Gasteiger partial charge in [-0.15, -0.1) is 12.4 Å². The van der Waals surface area contributed by atoms with Crippen LogP contribution in [0.4, 0.5) is 4.39 Å². The summed E-state index contributed by atoms with van der Waals surface area (Å²) in [4.78, 5) is 0. The van der Waals surface area contributed by atoms with Crippen LogP contribution in [0.2, 0.25) is 0 Å². The average molecular weight is 220 g/mol. The summed E-state index contributed by atoms with van der Waals surface area (Å²) in [6, 6.07) is 4.41. The van der Waals surface area contributed by atoms with E-state index in [0.29, 0.717) is 12.0 Å². The molecule has 1 aromatic carbocycles. The van der Waals surface area contributed by atoms with Gasteiger partial charge in [0.05, 0.1) is 0 Å². The Bertz CT molecular complexity index is 293. The molecule has 80 valence electrons. The third kappa shape index (κ3) is 3.25. The molecule has 1 atom stereocenters. The topological polar surface area (TPSA) is 46.2 Å². The summed E-state index contributed by atoms with van der Waals surface area (Å²) in [7, 11) is 0. The van der Waals surface area contributed by atoms with Crippen LogP contribution in [-0.4, -0.2) is 11.7 Å². The molecule has 0 saturated carbocycles. The highest BCUT2D eigenvalue weighted by atomic mass is 35.5. The minimum Gasteiger partial charge on any atom is -0.396 e. The van der Waals surface area contributed by atoms with E-state index in [4.69, 9.17) is 10.8 Å². The molecule has 14 heavy (non-hydrogen) atoms. The van der Waals surface area contributed by atoms with Crippen molar-refractivity contribution in [2.45, 2.75) is 19.4 Å². The van der Waals surface area contributed by atoms with E-state index in [1.807, 2.05) is 6.92 Å². The van der Waals surface area contributed by atoms with Crippen LogP contribution in [0.3, 0.4) is 0 Å². The zero-order chi connectivity index (χ0) is 9.84. The minimum absolute atomic E-state index is 0. The summed E-state index contributed by atoms with van der Waals surface area (Å²) in [6.45, 7) is 1.86. The number of hydrogen-bond acceptors (Lipinski definition) is 2. The van der Waals surface area contributed by atoms with Gasteiger partial charge in [0.25, 0.3) is 0 Å². The van der Waals surface area contributed by atoms with Crippen LogP contribution >= 0.6 is 12.4 Å². The molecule has 0 aromatic heterocycles. The summed E-state index contributed by atoms with van der Waals surface area (Å²) in [5, 5.41) is 8.66. The Labute approximate surface area is 89.3 Å². The van der Waals surface area contributed by atoms with Crippen LogP contribution in [0.25, 0.3) is 0 Å². The lowest BCUT2D eigenvalue weighted by atomic mass is 10.0. The highest BCUT2D eigenvalue weighted by Gasteiger charge is 2.10. The number of aliphatic hydroxyl groups is 1. The van der Waals surface area contributed by atoms with Gasteiger partial charge in [0.15, 0.2) is 0 Å². The van der Waals surface area contributed by atoms with Crippen molar-refractivity contribution >= 4 is 12.4 Å². The smallest absolute Gasteiger partial charge is 0.127 e. The Hall–Kier alpha value is -0.640. The fourth-order valence-corrected chi connectivity index (χ4v) is 1.24. The zero-order valence-electron chi connectivity index (χ0n) is 8.03. The van der Waals surface area contributed by atoms with Crippen molar-refractivity contribution in [2.24, 2.45) is 5.73 Å². The number of hydrogen-bond donors (Lipinski definition) is 2. The van der Waals surface area contributed by atoms with Gasteiger partial charge in [0.1, 0.15) is 5.82 Å².